The highest BCUT2D eigenvalue weighted by Crippen LogP contribution is 2.38. The topological polar surface area (TPSA) is 56.8 Å². The molecule has 0 spiro atoms. The molecule has 6 heteroatoms. The molecule has 2 aliphatic rings. The summed E-state index contributed by atoms with van der Waals surface area (Å²) in [6, 6.07) is 13.6. The van der Waals surface area contributed by atoms with Crippen LogP contribution in [-0.2, 0) is 10.2 Å². The van der Waals surface area contributed by atoms with E-state index in [-0.39, 0.29) is 11.3 Å². The van der Waals surface area contributed by atoms with E-state index in [2.05, 4.69) is 17.4 Å². The molecule has 142 valence electrons. The zero-order valence-corrected chi connectivity index (χ0v) is 15.8. The molecule has 0 saturated carbocycles. The molecule has 4 rings (SSSR count). The van der Waals surface area contributed by atoms with Gasteiger partial charge in [0, 0.05) is 30.7 Å². The molecule has 0 unspecified atom stereocenters. The quantitative estimate of drug-likeness (QED) is 0.871. The summed E-state index contributed by atoms with van der Waals surface area (Å²) >= 11 is 6.26. The zero-order chi connectivity index (χ0) is 18.7. The molecule has 0 aromatic heterocycles. The van der Waals surface area contributed by atoms with Gasteiger partial charge in [0.25, 0.3) is 5.91 Å². The third-order valence-corrected chi connectivity index (χ3v) is 5.56. The smallest absolute Gasteiger partial charge is 0.251 e. The number of ether oxygens (including phenoxy) is 3. The third-order valence-electron chi connectivity index (χ3n) is 5.28. The molecule has 5 nitrogen and oxygen atoms in total. The first-order valence-electron chi connectivity index (χ1n) is 9.19. The summed E-state index contributed by atoms with van der Waals surface area (Å²) in [7, 11) is 0. The molecule has 1 saturated heterocycles. The van der Waals surface area contributed by atoms with Crippen molar-refractivity contribution in [3.8, 4) is 11.5 Å². The Morgan fingerprint density at radius 3 is 2.56 bits per heavy atom. The second kappa shape index (κ2) is 7.79. The SMILES string of the molecule is O=C(NCC1(c2ccccc2)CCOCC1)c1cc(Cl)c2c(c1)OCCO2. The van der Waals surface area contributed by atoms with E-state index in [0.717, 1.165) is 12.8 Å². The van der Waals surface area contributed by atoms with Crippen molar-refractivity contribution in [3.63, 3.8) is 0 Å². The number of hydrogen-bond acceptors (Lipinski definition) is 4. The summed E-state index contributed by atoms with van der Waals surface area (Å²) in [4.78, 5) is 12.8. The van der Waals surface area contributed by atoms with Crippen molar-refractivity contribution in [3.05, 3.63) is 58.6 Å². The van der Waals surface area contributed by atoms with Crippen LogP contribution in [0.2, 0.25) is 5.02 Å². The zero-order valence-electron chi connectivity index (χ0n) is 15.0. The first-order valence-corrected chi connectivity index (χ1v) is 9.56. The number of carbonyl (C=O) groups is 1. The van der Waals surface area contributed by atoms with E-state index in [0.29, 0.717) is 55.1 Å². The van der Waals surface area contributed by atoms with Gasteiger partial charge in [-0.2, -0.15) is 0 Å². The fraction of sp³-hybridized carbons (Fsp3) is 0.381. The Kier molecular flexibility index (Phi) is 5.23. The number of amides is 1. The van der Waals surface area contributed by atoms with Crippen LogP contribution in [0.4, 0.5) is 0 Å². The van der Waals surface area contributed by atoms with E-state index in [9.17, 15) is 4.79 Å². The van der Waals surface area contributed by atoms with Gasteiger partial charge in [-0.3, -0.25) is 4.79 Å². The van der Waals surface area contributed by atoms with E-state index < -0.39 is 0 Å². The lowest BCUT2D eigenvalue weighted by Crippen LogP contribution is -2.44. The largest absolute Gasteiger partial charge is 0.486 e. The Hall–Kier alpha value is -2.24. The Labute approximate surface area is 163 Å². The van der Waals surface area contributed by atoms with Crippen molar-refractivity contribution in [1.29, 1.82) is 0 Å². The van der Waals surface area contributed by atoms with Crippen molar-refractivity contribution in [1.82, 2.24) is 5.32 Å². The first kappa shape index (κ1) is 18.1. The molecule has 0 aliphatic carbocycles. The van der Waals surface area contributed by atoms with Crippen LogP contribution in [0.25, 0.3) is 0 Å². The summed E-state index contributed by atoms with van der Waals surface area (Å²) in [5.74, 6) is 0.850. The van der Waals surface area contributed by atoms with Gasteiger partial charge in [0.2, 0.25) is 0 Å². The number of fused-ring (bicyclic) bond motifs is 1. The van der Waals surface area contributed by atoms with E-state index in [4.69, 9.17) is 25.8 Å². The summed E-state index contributed by atoms with van der Waals surface area (Å²) in [5, 5.41) is 3.48. The van der Waals surface area contributed by atoms with Crippen LogP contribution >= 0.6 is 11.6 Å². The van der Waals surface area contributed by atoms with E-state index in [1.165, 1.54) is 5.56 Å². The Morgan fingerprint density at radius 2 is 1.78 bits per heavy atom. The number of benzene rings is 2. The van der Waals surface area contributed by atoms with Gasteiger partial charge in [-0.05, 0) is 30.5 Å². The van der Waals surface area contributed by atoms with Gasteiger partial charge in [-0.1, -0.05) is 41.9 Å². The van der Waals surface area contributed by atoms with Gasteiger partial charge in [0.1, 0.15) is 13.2 Å². The van der Waals surface area contributed by atoms with Crippen LogP contribution in [0.5, 0.6) is 11.5 Å². The minimum atomic E-state index is -0.171. The van der Waals surface area contributed by atoms with Gasteiger partial charge in [-0.25, -0.2) is 0 Å². The Morgan fingerprint density at radius 1 is 1.04 bits per heavy atom. The maximum Gasteiger partial charge on any atom is 0.251 e. The fourth-order valence-corrected chi connectivity index (χ4v) is 3.98. The monoisotopic (exact) mass is 387 g/mol. The van der Waals surface area contributed by atoms with Crippen molar-refractivity contribution in [2.24, 2.45) is 0 Å². The molecule has 1 N–H and O–H groups in total. The van der Waals surface area contributed by atoms with Crippen molar-refractivity contribution in [2.45, 2.75) is 18.3 Å². The second-order valence-corrected chi connectivity index (χ2v) is 7.33. The number of nitrogens with one attached hydrogen (secondary N) is 1. The molecular formula is C21H22ClNO4. The maximum absolute atomic E-state index is 12.8. The third kappa shape index (κ3) is 3.75. The highest BCUT2D eigenvalue weighted by molar-refractivity contribution is 6.32. The van der Waals surface area contributed by atoms with Crippen LogP contribution in [0.1, 0.15) is 28.8 Å². The summed E-state index contributed by atoms with van der Waals surface area (Å²) in [6.45, 7) is 2.85. The maximum atomic E-state index is 12.8. The lowest BCUT2D eigenvalue weighted by molar-refractivity contribution is 0.0487. The van der Waals surface area contributed by atoms with Gasteiger partial charge in [0.15, 0.2) is 11.5 Å². The molecule has 1 fully saturated rings. The molecule has 2 aliphatic heterocycles. The molecule has 27 heavy (non-hydrogen) atoms. The van der Waals surface area contributed by atoms with Crippen molar-refractivity contribution in [2.75, 3.05) is 33.0 Å². The minimum Gasteiger partial charge on any atom is -0.486 e. The lowest BCUT2D eigenvalue weighted by Gasteiger charge is -2.38. The van der Waals surface area contributed by atoms with E-state index in [1.54, 1.807) is 12.1 Å². The average Bonchev–Trinajstić information content (AvgIpc) is 2.73. The summed E-state index contributed by atoms with van der Waals surface area (Å²) < 4.78 is 16.6. The Balaban J connectivity index is 1.53. The molecule has 2 aromatic carbocycles. The van der Waals surface area contributed by atoms with Crippen LogP contribution in [0.15, 0.2) is 42.5 Å². The number of halogens is 1. The van der Waals surface area contributed by atoms with E-state index in [1.807, 2.05) is 18.2 Å². The normalized spacial score (nSPS) is 18.0. The Bertz CT molecular complexity index is 818. The molecule has 1 amide bonds. The predicted molar refractivity (Wildman–Crippen MR) is 103 cm³/mol. The summed E-state index contributed by atoms with van der Waals surface area (Å²) in [6.07, 6.45) is 1.75. The molecular weight excluding hydrogens is 366 g/mol. The highest BCUT2D eigenvalue weighted by Gasteiger charge is 2.35. The van der Waals surface area contributed by atoms with Gasteiger partial charge < -0.3 is 19.5 Å². The van der Waals surface area contributed by atoms with Gasteiger partial charge >= 0.3 is 0 Å². The average molecular weight is 388 g/mol. The van der Waals surface area contributed by atoms with Crippen LogP contribution < -0.4 is 14.8 Å². The lowest BCUT2D eigenvalue weighted by atomic mass is 9.74. The molecule has 2 heterocycles. The summed E-state index contributed by atoms with van der Waals surface area (Å²) in [5.41, 5.74) is 1.58. The molecule has 0 bridgehead atoms. The van der Waals surface area contributed by atoms with Crippen molar-refractivity contribution >= 4 is 17.5 Å². The van der Waals surface area contributed by atoms with Crippen LogP contribution in [0, 0.1) is 0 Å². The molecule has 0 radical (unpaired) electrons. The second-order valence-electron chi connectivity index (χ2n) is 6.92. The molecule has 2 aromatic rings. The van der Waals surface area contributed by atoms with Crippen LogP contribution in [-0.4, -0.2) is 38.9 Å². The van der Waals surface area contributed by atoms with Crippen molar-refractivity contribution < 1.29 is 19.0 Å². The van der Waals surface area contributed by atoms with Crippen LogP contribution in [0.3, 0.4) is 0 Å². The highest BCUT2D eigenvalue weighted by atomic mass is 35.5. The number of rotatable bonds is 4. The fourth-order valence-electron chi connectivity index (χ4n) is 3.71. The number of hydrogen-bond donors (Lipinski definition) is 1. The van der Waals surface area contributed by atoms with Gasteiger partial charge in [-0.15, -0.1) is 0 Å². The first-order chi connectivity index (χ1) is 13.2. The number of carbonyl (C=O) groups excluding carboxylic acids is 1. The van der Waals surface area contributed by atoms with Gasteiger partial charge in [0.05, 0.1) is 5.02 Å². The predicted octanol–water partition coefficient (Wildman–Crippen LogP) is 3.59. The minimum absolute atomic E-state index is 0.118. The molecule has 0 atom stereocenters. The van der Waals surface area contributed by atoms with E-state index >= 15 is 0 Å². The standard InChI is InChI=1S/C21H22ClNO4/c22-17-12-15(13-18-19(17)27-11-10-26-18)20(24)23-14-21(6-8-25-9-7-21)16-4-2-1-3-5-16/h1-5,12-13H,6-11,14H2,(H,23,24).